The first-order valence-electron chi connectivity index (χ1n) is 7.92. The third kappa shape index (κ3) is 3.35. The van der Waals surface area contributed by atoms with Crippen molar-refractivity contribution in [1.29, 1.82) is 5.26 Å². The molecule has 0 bridgehead atoms. The van der Waals surface area contributed by atoms with Gasteiger partial charge in [-0.05, 0) is 58.0 Å². The summed E-state index contributed by atoms with van der Waals surface area (Å²) in [4.78, 5) is 2.18. The second kappa shape index (κ2) is 5.44. The van der Waals surface area contributed by atoms with E-state index >= 15 is 0 Å². The highest BCUT2D eigenvalue weighted by Crippen LogP contribution is 2.39. The van der Waals surface area contributed by atoms with E-state index in [0.717, 1.165) is 32.1 Å². The molecule has 2 saturated carbocycles. The summed E-state index contributed by atoms with van der Waals surface area (Å²) in [5.74, 6) is -1.14. The number of nitriles is 1. The van der Waals surface area contributed by atoms with Crippen LogP contribution in [0.25, 0.3) is 0 Å². The minimum absolute atomic E-state index is 0.204. The molecule has 0 spiro atoms. The van der Waals surface area contributed by atoms with Crippen LogP contribution in [0, 0.1) is 17.2 Å². The van der Waals surface area contributed by atoms with Crippen molar-refractivity contribution in [2.45, 2.75) is 68.7 Å². The molecule has 1 N–H and O–H groups in total. The van der Waals surface area contributed by atoms with Crippen molar-refractivity contribution in [2.75, 3.05) is 13.1 Å². The Morgan fingerprint density at radius 2 is 1.76 bits per heavy atom. The van der Waals surface area contributed by atoms with Crippen molar-refractivity contribution in [1.82, 2.24) is 10.2 Å². The number of nitrogens with zero attached hydrogens (tertiary/aromatic N) is 2. The van der Waals surface area contributed by atoms with E-state index in [-0.39, 0.29) is 18.9 Å². The molecule has 2 unspecified atom stereocenters. The van der Waals surface area contributed by atoms with E-state index in [1.165, 1.54) is 0 Å². The third-order valence-corrected chi connectivity index (χ3v) is 5.27. The van der Waals surface area contributed by atoms with E-state index in [2.05, 4.69) is 16.3 Å². The van der Waals surface area contributed by atoms with Crippen molar-refractivity contribution >= 4 is 0 Å². The van der Waals surface area contributed by atoms with E-state index in [9.17, 15) is 18.4 Å². The number of hydrogen-bond acceptors (Lipinski definition) is 3. The molecule has 0 aromatic rings. The number of nitrogens with one attached hydrogen (secondary N) is 1. The van der Waals surface area contributed by atoms with Crippen LogP contribution in [-0.4, -0.2) is 41.8 Å². The molecule has 3 nitrogen and oxygen atoms in total. The van der Waals surface area contributed by atoms with Gasteiger partial charge in [0, 0.05) is 12.1 Å². The van der Waals surface area contributed by atoms with Gasteiger partial charge in [0.1, 0.15) is 5.54 Å². The standard InChI is InChI=1S/C15H22F3N3/c16-15(17,18)11-4-7-21(8-5-11)13-3-6-14(9-13,10-19)20-12-1-2-12/h11-13,20H,1-9H2. The van der Waals surface area contributed by atoms with Crippen LogP contribution in [0.3, 0.4) is 0 Å². The molecule has 1 saturated heterocycles. The first-order chi connectivity index (χ1) is 9.92. The summed E-state index contributed by atoms with van der Waals surface area (Å²) in [5, 5.41) is 12.9. The van der Waals surface area contributed by atoms with Gasteiger partial charge in [0.15, 0.2) is 0 Å². The van der Waals surface area contributed by atoms with Gasteiger partial charge in [0.25, 0.3) is 0 Å². The van der Waals surface area contributed by atoms with Crippen molar-refractivity contribution in [3.05, 3.63) is 0 Å². The third-order valence-electron chi connectivity index (χ3n) is 5.27. The van der Waals surface area contributed by atoms with Gasteiger partial charge in [-0.25, -0.2) is 0 Å². The van der Waals surface area contributed by atoms with E-state index in [1.54, 1.807) is 0 Å². The lowest BCUT2D eigenvalue weighted by Gasteiger charge is -2.37. The highest BCUT2D eigenvalue weighted by Gasteiger charge is 2.47. The molecule has 3 aliphatic rings. The predicted molar refractivity (Wildman–Crippen MR) is 72.5 cm³/mol. The Kier molecular flexibility index (Phi) is 3.91. The second-order valence-corrected chi connectivity index (χ2v) is 6.86. The zero-order valence-electron chi connectivity index (χ0n) is 12.1. The second-order valence-electron chi connectivity index (χ2n) is 6.86. The number of piperidine rings is 1. The van der Waals surface area contributed by atoms with E-state index < -0.39 is 17.6 Å². The molecule has 0 amide bonds. The fourth-order valence-electron chi connectivity index (χ4n) is 3.81. The average Bonchev–Trinajstić information content (AvgIpc) is 3.15. The molecular weight excluding hydrogens is 279 g/mol. The minimum Gasteiger partial charge on any atom is -0.300 e. The van der Waals surface area contributed by atoms with Crippen LogP contribution < -0.4 is 5.32 Å². The lowest BCUT2D eigenvalue weighted by molar-refractivity contribution is -0.186. The number of alkyl halides is 3. The first-order valence-corrected chi connectivity index (χ1v) is 7.92. The van der Waals surface area contributed by atoms with Crippen LogP contribution in [0.5, 0.6) is 0 Å². The molecule has 0 radical (unpaired) electrons. The Balaban J connectivity index is 1.54. The highest BCUT2D eigenvalue weighted by atomic mass is 19.4. The maximum absolute atomic E-state index is 12.7. The van der Waals surface area contributed by atoms with Gasteiger partial charge < -0.3 is 4.90 Å². The molecule has 21 heavy (non-hydrogen) atoms. The Morgan fingerprint density at radius 3 is 2.29 bits per heavy atom. The molecule has 2 aliphatic carbocycles. The number of hydrogen-bond donors (Lipinski definition) is 1. The average molecular weight is 301 g/mol. The SMILES string of the molecule is N#CC1(NC2CC2)CCC(N2CCC(C(F)(F)F)CC2)C1. The molecule has 0 aromatic heterocycles. The summed E-state index contributed by atoms with van der Waals surface area (Å²) >= 11 is 0. The van der Waals surface area contributed by atoms with Gasteiger partial charge in [-0.15, -0.1) is 0 Å². The maximum Gasteiger partial charge on any atom is 0.391 e. The lowest BCUT2D eigenvalue weighted by Crippen LogP contribution is -2.47. The number of likely N-dealkylation sites (tertiary alicyclic amines) is 1. The topological polar surface area (TPSA) is 39.1 Å². The molecule has 1 aliphatic heterocycles. The van der Waals surface area contributed by atoms with E-state index in [4.69, 9.17) is 0 Å². The highest BCUT2D eigenvalue weighted by molar-refractivity contribution is 5.15. The van der Waals surface area contributed by atoms with Crippen LogP contribution >= 0.6 is 0 Å². The van der Waals surface area contributed by atoms with E-state index in [1.807, 2.05) is 0 Å². The summed E-state index contributed by atoms with van der Waals surface area (Å²) in [6, 6.07) is 3.19. The molecule has 3 rings (SSSR count). The maximum atomic E-state index is 12.7. The van der Waals surface area contributed by atoms with Gasteiger partial charge in [-0.3, -0.25) is 5.32 Å². The molecule has 2 atom stereocenters. The normalized spacial score (nSPS) is 35.8. The van der Waals surface area contributed by atoms with Crippen LogP contribution in [0.4, 0.5) is 13.2 Å². The van der Waals surface area contributed by atoms with Crippen molar-refractivity contribution < 1.29 is 13.2 Å². The Morgan fingerprint density at radius 1 is 1.10 bits per heavy atom. The largest absolute Gasteiger partial charge is 0.391 e. The van der Waals surface area contributed by atoms with Gasteiger partial charge >= 0.3 is 6.18 Å². The zero-order valence-corrected chi connectivity index (χ0v) is 12.1. The quantitative estimate of drug-likeness (QED) is 0.871. The van der Waals surface area contributed by atoms with Crippen molar-refractivity contribution in [2.24, 2.45) is 5.92 Å². The smallest absolute Gasteiger partial charge is 0.300 e. The molecule has 3 fully saturated rings. The van der Waals surface area contributed by atoms with Crippen LogP contribution in [0.2, 0.25) is 0 Å². The zero-order chi connectivity index (χ0) is 15.1. The Labute approximate surface area is 123 Å². The Hall–Kier alpha value is -0.800. The van der Waals surface area contributed by atoms with Gasteiger partial charge in [-0.2, -0.15) is 18.4 Å². The fraction of sp³-hybridized carbons (Fsp3) is 0.933. The van der Waals surface area contributed by atoms with E-state index in [0.29, 0.717) is 19.1 Å². The summed E-state index contributed by atoms with van der Waals surface area (Å²) in [7, 11) is 0. The Bertz CT molecular complexity index is 419. The van der Waals surface area contributed by atoms with Crippen LogP contribution in [0.1, 0.15) is 44.9 Å². The summed E-state index contributed by atoms with van der Waals surface area (Å²) in [5.41, 5.74) is -0.438. The summed E-state index contributed by atoms with van der Waals surface area (Å²) < 4.78 is 38.1. The van der Waals surface area contributed by atoms with Gasteiger partial charge in [-0.1, -0.05) is 0 Å². The number of halogens is 3. The monoisotopic (exact) mass is 301 g/mol. The first kappa shape index (κ1) is 15.1. The summed E-state index contributed by atoms with van der Waals surface area (Å²) in [6.07, 6.45) is 1.15. The molecule has 1 heterocycles. The van der Waals surface area contributed by atoms with Gasteiger partial charge in [0.2, 0.25) is 0 Å². The molecule has 118 valence electrons. The minimum atomic E-state index is -4.05. The van der Waals surface area contributed by atoms with Crippen molar-refractivity contribution in [3.63, 3.8) is 0 Å². The van der Waals surface area contributed by atoms with Gasteiger partial charge in [0.05, 0.1) is 12.0 Å². The lowest BCUT2D eigenvalue weighted by atomic mass is 9.94. The fourth-order valence-corrected chi connectivity index (χ4v) is 3.81. The van der Waals surface area contributed by atoms with Crippen LogP contribution in [-0.2, 0) is 0 Å². The summed E-state index contributed by atoms with van der Waals surface area (Å²) in [6.45, 7) is 1.03. The van der Waals surface area contributed by atoms with Crippen LogP contribution in [0.15, 0.2) is 0 Å². The number of rotatable bonds is 3. The predicted octanol–water partition coefficient (Wildman–Crippen LogP) is 2.83. The van der Waals surface area contributed by atoms with Crippen molar-refractivity contribution in [3.8, 4) is 6.07 Å². The molecular formula is C15H22F3N3. The molecule has 6 heteroatoms. The molecule has 0 aromatic carbocycles.